The minimum absolute atomic E-state index is 0.186. The van der Waals surface area contributed by atoms with Gasteiger partial charge in [-0.1, -0.05) is 18.2 Å². The molecule has 2 aromatic carbocycles. The molecular weight excluding hydrogens is 372 g/mol. The summed E-state index contributed by atoms with van der Waals surface area (Å²) in [6.45, 7) is 2.23. The molecule has 0 saturated heterocycles. The van der Waals surface area contributed by atoms with E-state index in [0.29, 0.717) is 42.0 Å². The van der Waals surface area contributed by atoms with E-state index in [0.717, 1.165) is 0 Å². The molecule has 2 aromatic rings. The maximum Gasteiger partial charge on any atom is 0.311 e. The van der Waals surface area contributed by atoms with Gasteiger partial charge in [-0.25, -0.2) is 0 Å². The molecule has 29 heavy (non-hydrogen) atoms. The predicted molar refractivity (Wildman–Crippen MR) is 108 cm³/mol. The summed E-state index contributed by atoms with van der Waals surface area (Å²) in [6.07, 6.45) is 1.15. The van der Waals surface area contributed by atoms with Crippen LogP contribution in [0.3, 0.4) is 0 Å². The summed E-state index contributed by atoms with van der Waals surface area (Å²) < 4.78 is 5.56. The minimum atomic E-state index is -0.880. The molecule has 0 spiro atoms. The monoisotopic (exact) mass is 396 g/mol. The fraction of sp³-hybridized carbons (Fsp3) is 0.318. The van der Waals surface area contributed by atoms with E-state index in [1.54, 1.807) is 53.4 Å². The maximum absolute atomic E-state index is 13.2. The Morgan fingerprint density at radius 2 is 1.83 bits per heavy atom. The number of aliphatic carboxylic acids is 1. The Kier molecular flexibility index (Phi) is 6.16. The van der Waals surface area contributed by atoms with Crippen molar-refractivity contribution >= 4 is 23.5 Å². The number of carboxylic acid groups (broad SMARTS) is 1. The van der Waals surface area contributed by atoms with Gasteiger partial charge >= 0.3 is 5.97 Å². The third-order valence-electron chi connectivity index (χ3n) is 5.04. The fourth-order valence-corrected chi connectivity index (χ4v) is 3.63. The Labute approximate surface area is 169 Å². The molecule has 1 aliphatic heterocycles. The van der Waals surface area contributed by atoms with Gasteiger partial charge in [0.25, 0.3) is 5.91 Å². The molecule has 0 aliphatic carbocycles. The number of hydrogen-bond acceptors (Lipinski definition) is 4. The number of carbonyl (C=O) groups is 3. The Morgan fingerprint density at radius 1 is 1.14 bits per heavy atom. The number of para-hydroxylation sites is 1. The van der Waals surface area contributed by atoms with Crippen molar-refractivity contribution in [2.45, 2.75) is 38.1 Å². The molecule has 2 amide bonds. The Hall–Kier alpha value is -3.35. The number of fused-ring (bicyclic) bond motifs is 1. The third kappa shape index (κ3) is 4.56. The van der Waals surface area contributed by atoms with Crippen LogP contribution in [0.5, 0.6) is 5.75 Å². The van der Waals surface area contributed by atoms with Gasteiger partial charge in [-0.15, -0.1) is 0 Å². The number of carbonyl (C=O) groups excluding carboxylic acids is 2. The van der Waals surface area contributed by atoms with E-state index in [9.17, 15) is 19.5 Å². The number of anilines is 1. The second-order valence-corrected chi connectivity index (χ2v) is 7.15. The predicted octanol–water partition coefficient (Wildman–Crippen LogP) is 2.94. The topological polar surface area (TPSA) is 110 Å². The number of nitrogens with two attached hydrogens (primary N) is 1. The first kappa shape index (κ1) is 20.4. The van der Waals surface area contributed by atoms with Gasteiger partial charge in [0.1, 0.15) is 5.75 Å². The maximum atomic E-state index is 13.2. The minimum Gasteiger partial charge on any atom is -0.494 e. The molecule has 7 nitrogen and oxygen atoms in total. The van der Waals surface area contributed by atoms with Crippen LogP contribution < -0.4 is 15.4 Å². The van der Waals surface area contributed by atoms with E-state index in [-0.39, 0.29) is 24.3 Å². The molecule has 0 radical (unpaired) electrons. The number of benzene rings is 2. The fourth-order valence-electron chi connectivity index (χ4n) is 3.63. The molecule has 1 heterocycles. The Morgan fingerprint density at radius 3 is 2.48 bits per heavy atom. The summed E-state index contributed by atoms with van der Waals surface area (Å²) >= 11 is 0. The van der Waals surface area contributed by atoms with Crippen LogP contribution in [0.1, 0.15) is 48.0 Å². The van der Waals surface area contributed by atoms with E-state index >= 15 is 0 Å². The van der Waals surface area contributed by atoms with Crippen LogP contribution in [-0.2, 0) is 9.59 Å². The van der Waals surface area contributed by atoms with Crippen molar-refractivity contribution in [3.8, 4) is 5.75 Å². The zero-order valence-corrected chi connectivity index (χ0v) is 16.2. The van der Waals surface area contributed by atoms with Crippen molar-refractivity contribution in [1.29, 1.82) is 0 Å². The number of primary amides is 1. The lowest BCUT2D eigenvalue weighted by Crippen LogP contribution is -2.44. The van der Waals surface area contributed by atoms with Gasteiger partial charge < -0.3 is 20.5 Å². The van der Waals surface area contributed by atoms with Crippen LogP contribution >= 0.6 is 0 Å². The van der Waals surface area contributed by atoms with E-state index in [1.807, 2.05) is 6.92 Å². The van der Waals surface area contributed by atoms with Gasteiger partial charge in [-0.2, -0.15) is 0 Å². The number of ether oxygens (including phenoxy) is 1. The largest absolute Gasteiger partial charge is 0.494 e. The van der Waals surface area contributed by atoms with E-state index in [2.05, 4.69) is 0 Å². The van der Waals surface area contributed by atoms with Gasteiger partial charge in [0.2, 0.25) is 5.91 Å². The van der Waals surface area contributed by atoms with Crippen LogP contribution in [0.2, 0.25) is 0 Å². The highest BCUT2D eigenvalue weighted by Gasteiger charge is 2.37. The van der Waals surface area contributed by atoms with Gasteiger partial charge in [0, 0.05) is 23.7 Å². The second-order valence-electron chi connectivity index (χ2n) is 7.15. The Bertz CT molecular complexity index is 910. The quantitative estimate of drug-likeness (QED) is 0.699. The van der Waals surface area contributed by atoms with Crippen molar-refractivity contribution < 1.29 is 24.2 Å². The molecule has 0 bridgehead atoms. The number of hydrogen-bond donors (Lipinski definition) is 2. The van der Waals surface area contributed by atoms with Crippen molar-refractivity contribution in [1.82, 2.24) is 0 Å². The zero-order chi connectivity index (χ0) is 21.0. The molecule has 2 atom stereocenters. The van der Waals surface area contributed by atoms with Gasteiger partial charge in [0.15, 0.2) is 0 Å². The molecular formula is C22H24N2O5. The van der Waals surface area contributed by atoms with Crippen LogP contribution in [0.4, 0.5) is 5.69 Å². The van der Waals surface area contributed by atoms with Gasteiger partial charge in [0.05, 0.1) is 12.5 Å². The number of rotatable bonds is 7. The van der Waals surface area contributed by atoms with Crippen molar-refractivity contribution in [2.24, 2.45) is 5.73 Å². The highest BCUT2D eigenvalue weighted by molar-refractivity contribution is 6.07. The smallest absolute Gasteiger partial charge is 0.311 e. The molecule has 3 N–H and O–H groups in total. The molecule has 1 aliphatic rings. The number of amides is 2. The molecule has 7 heteroatoms. The van der Waals surface area contributed by atoms with Crippen molar-refractivity contribution in [2.75, 3.05) is 11.5 Å². The van der Waals surface area contributed by atoms with Gasteiger partial charge in [-0.05, 0) is 55.7 Å². The summed E-state index contributed by atoms with van der Waals surface area (Å²) in [5.74, 6) is -1.45. The number of nitrogens with zero attached hydrogens (tertiary/aromatic N) is 1. The van der Waals surface area contributed by atoms with Crippen molar-refractivity contribution in [3.63, 3.8) is 0 Å². The third-order valence-corrected chi connectivity index (χ3v) is 5.04. The van der Waals surface area contributed by atoms with E-state index in [1.165, 1.54) is 0 Å². The average Bonchev–Trinajstić information content (AvgIpc) is 2.70. The molecule has 0 unspecified atom stereocenters. The second kappa shape index (κ2) is 8.77. The van der Waals surface area contributed by atoms with E-state index < -0.39 is 11.9 Å². The van der Waals surface area contributed by atoms with Crippen LogP contribution in [0.25, 0.3) is 0 Å². The molecule has 0 aromatic heterocycles. The van der Waals surface area contributed by atoms with Crippen molar-refractivity contribution in [3.05, 3.63) is 59.7 Å². The first-order chi connectivity index (χ1) is 13.9. The highest BCUT2D eigenvalue weighted by atomic mass is 16.5. The Balaban J connectivity index is 1.76. The molecule has 152 valence electrons. The summed E-state index contributed by atoms with van der Waals surface area (Å²) in [5, 5.41) is 9.55. The molecule has 0 fully saturated rings. The molecule has 0 saturated carbocycles. The lowest BCUT2D eigenvalue weighted by Gasteiger charge is -2.38. The zero-order valence-electron chi connectivity index (χ0n) is 16.2. The standard InChI is InChI=1S/C22H24N2O5/c1-14-13-18(22(27)28)17-5-2-3-6-19(17)24(14)21(26)15-8-10-16(11-9-15)29-12-4-7-20(23)25/h2-3,5-6,8-11,14,18H,4,7,12-13H2,1H3,(H2,23,25)(H,27,28)/t14-,18-/m0/s1. The molecule has 3 rings (SSSR count). The van der Waals surface area contributed by atoms with Gasteiger partial charge in [-0.3, -0.25) is 14.4 Å². The van der Waals surface area contributed by atoms with Crippen LogP contribution in [0.15, 0.2) is 48.5 Å². The van der Waals surface area contributed by atoms with E-state index in [4.69, 9.17) is 10.5 Å². The lowest BCUT2D eigenvalue weighted by atomic mass is 9.85. The van der Waals surface area contributed by atoms with Crippen LogP contribution in [0, 0.1) is 0 Å². The summed E-state index contributed by atoms with van der Waals surface area (Å²) in [4.78, 5) is 37.2. The first-order valence-electron chi connectivity index (χ1n) is 9.55. The normalized spacial score (nSPS) is 18.0. The number of carboxylic acids is 1. The first-order valence-corrected chi connectivity index (χ1v) is 9.55. The summed E-state index contributed by atoms with van der Waals surface area (Å²) in [7, 11) is 0. The average molecular weight is 396 g/mol. The SMILES string of the molecule is C[C@H]1C[C@H](C(=O)O)c2ccccc2N1C(=O)c1ccc(OCCCC(N)=O)cc1. The summed E-state index contributed by atoms with van der Waals surface area (Å²) in [5.41, 5.74) is 6.88. The summed E-state index contributed by atoms with van der Waals surface area (Å²) in [6, 6.07) is 13.7. The lowest BCUT2D eigenvalue weighted by molar-refractivity contribution is -0.139. The van der Waals surface area contributed by atoms with Crippen LogP contribution in [-0.4, -0.2) is 35.5 Å². The highest BCUT2D eigenvalue weighted by Crippen LogP contribution is 2.39.